The molecule has 1 saturated carbocycles. The van der Waals surface area contributed by atoms with Crippen LogP contribution in [0.25, 0.3) is 0 Å². The van der Waals surface area contributed by atoms with Gasteiger partial charge in [0, 0.05) is 19.3 Å². The Kier molecular flexibility index (Phi) is 4.05. The summed E-state index contributed by atoms with van der Waals surface area (Å²) in [5.41, 5.74) is 0. The van der Waals surface area contributed by atoms with Crippen LogP contribution in [0.4, 0.5) is 8.78 Å². The predicted octanol–water partition coefficient (Wildman–Crippen LogP) is 3.01. The molecule has 4 heteroatoms. The molecule has 0 radical (unpaired) electrons. The molecule has 2 nitrogen and oxygen atoms in total. The van der Waals surface area contributed by atoms with Crippen molar-refractivity contribution in [3.05, 3.63) is 0 Å². The molecule has 0 aromatic carbocycles. The van der Waals surface area contributed by atoms with E-state index in [2.05, 4.69) is 0 Å². The van der Waals surface area contributed by atoms with E-state index in [1.807, 2.05) is 6.92 Å². The van der Waals surface area contributed by atoms with Gasteiger partial charge in [-0.25, -0.2) is 8.78 Å². The molecule has 1 aliphatic carbocycles. The zero-order chi connectivity index (χ0) is 11.5. The Bertz CT molecular complexity index is 229. The highest BCUT2D eigenvalue weighted by atomic mass is 19.3. The average Bonchev–Trinajstić information content (AvgIpc) is 2.46. The minimum atomic E-state index is -2.52. The van der Waals surface area contributed by atoms with Crippen molar-refractivity contribution in [3.8, 4) is 0 Å². The van der Waals surface area contributed by atoms with E-state index in [0.29, 0.717) is 13.0 Å². The monoisotopic (exact) mass is 220 g/mol. The molecular weight excluding hydrogens is 202 g/mol. The maximum absolute atomic E-state index is 12.9. The summed E-state index contributed by atoms with van der Waals surface area (Å²) < 4.78 is 30.6. The van der Waals surface area contributed by atoms with E-state index < -0.39 is 5.92 Å². The smallest absolute Gasteiger partial charge is 0.306 e. The summed E-state index contributed by atoms with van der Waals surface area (Å²) in [6, 6.07) is 0. The third-order valence-corrected chi connectivity index (χ3v) is 3.04. The summed E-state index contributed by atoms with van der Waals surface area (Å²) in [6.45, 7) is 3.95. The molecule has 0 bridgehead atoms. The number of alkyl halides is 2. The Labute approximate surface area is 89.0 Å². The highest BCUT2D eigenvalue weighted by Crippen LogP contribution is 2.42. The first-order valence-electron chi connectivity index (χ1n) is 5.48. The normalized spacial score (nSPS) is 26.3. The molecule has 1 fully saturated rings. The molecule has 0 aliphatic heterocycles. The van der Waals surface area contributed by atoms with E-state index in [4.69, 9.17) is 4.74 Å². The number of esters is 1. The molecule has 0 aromatic rings. The van der Waals surface area contributed by atoms with Gasteiger partial charge in [-0.3, -0.25) is 4.79 Å². The number of rotatable bonds is 4. The third kappa shape index (κ3) is 3.76. The van der Waals surface area contributed by atoms with Gasteiger partial charge in [-0.1, -0.05) is 6.92 Å². The van der Waals surface area contributed by atoms with Crippen LogP contribution in [-0.4, -0.2) is 18.5 Å². The number of carbonyl (C=O) groups is 1. The maximum Gasteiger partial charge on any atom is 0.306 e. The van der Waals surface area contributed by atoms with E-state index in [-0.39, 0.29) is 37.1 Å². The van der Waals surface area contributed by atoms with E-state index >= 15 is 0 Å². The van der Waals surface area contributed by atoms with Gasteiger partial charge in [0.2, 0.25) is 5.92 Å². The largest absolute Gasteiger partial charge is 0.466 e. The Balaban J connectivity index is 2.35. The van der Waals surface area contributed by atoms with Crippen LogP contribution in [-0.2, 0) is 9.53 Å². The fraction of sp³-hybridized carbons (Fsp3) is 0.909. The first kappa shape index (κ1) is 12.4. The Morgan fingerprint density at radius 1 is 1.60 bits per heavy atom. The lowest BCUT2D eigenvalue weighted by molar-refractivity contribution is -0.144. The molecule has 88 valence electrons. The average molecular weight is 220 g/mol. The molecular formula is C11H18F2O2. The van der Waals surface area contributed by atoms with Crippen LogP contribution in [0, 0.1) is 11.8 Å². The van der Waals surface area contributed by atoms with Gasteiger partial charge in [0.1, 0.15) is 0 Å². The summed E-state index contributed by atoms with van der Waals surface area (Å²) in [4.78, 5) is 11.2. The molecule has 2 unspecified atom stereocenters. The van der Waals surface area contributed by atoms with Crippen molar-refractivity contribution in [1.29, 1.82) is 0 Å². The Hall–Kier alpha value is -0.670. The van der Waals surface area contributed by atoms with Crippen LogP contribution in [0.2, 0.25) is 0 Å². The number of ether oxygens (including phenoxy) is 1. The van der Waals surface area contributed by atoms with Gasteiger partial charge in [0.15, 0.2) is 0 Å². The number of hydrogen-bond donors (Lipinski definition) is 0. The van der Waals surface area contributed by atoms with Crippen molar-refractivity contribution in [1.82, 2.24) is 0 Å². The minimum Gasteiger partial charge on any atom is -0.466 e. The van der Waals surface area contributed by atoms with Gasteiger partial charge < -0.3 is 4.74 Å². The maximum atomic E-state index is 12.9. The van der Waals surface area contributed by atoms with Crippen LogP contribution in [0.15, 0.2) is 0 Å². The molecule has 15 heavy (non-hydrogen) atoms. The standard InChI is InChI=1S/C11H18F2O2/c1-3-15-10(14)6-8(2)9-4-5-11(12,13)7-9/h8-9H,3-7H2,1-2H3. The first-order chi connectivity index (χ1) is 6.94. The first-order valence-corrected chi connectivity index (χ1v) is 5.48. The number of hydrogen-bond acceptors (Lipinski definition) is 2. The lowest BCUT2D eigenvalue weighted by Gasteiger charge is -2.18. The van der Waals surface area contributed by atoms with E-state index in [1.54, 1.807) is 6.92 Å². The van der Waals surface area contributed by atoms with Crippen LogP contribution in [0.5, 0.6) is 0 Å². The lowest BCUT2D eigenvalue weighted by atomic mass is 9.90. The molecule has 0 saturated heterocycles. The van der Waals surface area contributed by atoms with Gasteiger partial charge >= 0.3 is 5.97 Å². The van der Waals surface area contributed by atoms with Crippen LogP contribution in [0.1, 0.15) is 39.5 Å². The third-order valence-electron chi connectivity index (χ3n) is 3.04. The Morgan fingerprint density at radius 3 is 2.73 bits per heavy atom. The highest BCUT2D eigenvalue weighted by Gasteiger charge is 2.41. The van der Waals surface area contributed by atoms with E-state index in [1.165, 1.54) is 0 Å². The summed E-state index contributed by atoms with van der Waals surface area (Å²) in [5.74, 6) is -2.84. The summed E-state index contributed by atoms with van der Waals surface area (Å²) >= 11 is 0. The quantitative estimate of drug-likeness (QED) is 0.681. The van der Waals surface area contributed by atoms with Gasteiger partial charge in [-0.15, -0.1) is 0 Å². The summed E-state index contributed by atoms with van der Waals surface area (Å²) in [5, 5.41) is 0. The second kappa shape index (κ2) is 4.90. The fourth-order valence-corrected chi connectivity index (χ4v) is 2.12. The van der Waals surface area contributed by atoms with Crippen LogP contribution >= 0.6 is 0 Å². The molecule has 0 spiro atoms. The molecule has 0 heterocycles. The zero-order valence-electron chi connectivity index (χ0n) is 9.26. The van der Waals surface area contributed by atoms with Gasteiger partial charge in [0.25, 0.3) is 0 Å². The molecule has 2 atom stereocenters. The molecule has 1 aliphatic rings. The van der Waals surface area contributed by atoms with Crippen LogP contribution < -0.4 is 0 Å². The molecule has 0 N–H and O–H groups in total. The zero-order valence-corrected chi connectivity index (χ0v) is 9.26. The summed E-state index contributed by atoms with van der Waals surface area (Å²) in [7, 11) is 0. The van der Waals surface area contributed by atoms with Crippen molar-refractivity contribution in [2.45, 2.75) is 45.5 Å². The second-order valence-electron chi connectivity index (χ2n) is 4.35. The topological polar surface area (TPSA) is 26.3 Å². The molecule has 0 aromatic heterocycles. The van der Waals surface area contributed by atoms with Crippen molar-refractivity contribution in [2.75, 3.05) is 6.61 Å². The number of carbonyl (C=O) groups excluding carboxylic acids is 1. The van der Waals surface area contributed by atoms with Crippen LogP contribution in [0.3, 0.4) is 0 Å². The number of halogens is 2. The highest BCUT2D eigenvalue weighted by molar-refractivity contribution is 5.69. The van der Waals surface area contributed by atoms with Crippen molar-refractivity contribution >= 4 is 5.97 Å². The summed E-state index contributed by atoms with van der Waals surface area (Å²) in [6.07, 6.45) is 0.667. The minimum absolute atomic E-state index is 0.00238. The van der Waals surface area contributed by atoms with Crippen molar-refractivity contribution in [3.63, 3.8) is 0 Å². The van der Waals surface area contributed by atoms with Crippen molar-refractivity contribution in [2.24, 2.45) is 11.8 Å². The molecule has 1 rings (SSSR count). The molecule has 0 amide bonds. The fourth-order valence-electron chi connectivity index (χ4n) is 2.12. The van der Waals surface area contributed by atoms with Gasteiger partial charge in [0.05, 0.1) is 6.61 Å². The van der Waals surface area contributed by atoms with E-state index in [0.717, 1.165) is 0 Å². The Morgan fingerprint density at radius 2 is 2.27 bits per heavy atom. The second-order valence-corrected chi connectivity index (χ2v) is 4.35. The van der Waals surface area contributed by atoms with Crippen molar-refractivity contribution < 1.29 is 18.3 Å². The SMILES string of the molecule is CCOC(=O)CC(C)C1CCC(F)(F)C1. The lowest BCUT2D eigenvalue weighted by Crippen LogP contribution is -2.17. The van der Waals surface area contributed by atoms with E-state index in [9.17, 15) is 13.6 Å². The predicted molar refractivity (Wildman–Crippen MR) is 52.7 cm³/mol. The van der Waals surface area contributed by atoms with Gasteiger partial charge in [-0.2, -0.15) is 0 Å². The van der Waals surface area contributed by atoms with Gasteiger partial charge in [-0.05, 0) is 25.2 Å².